The third kappa shape index (κ3) is 5.11. The third-order valence-electron chi connectivity index (χ3n) is 2.41. The highest BCUT2D eigenvalue weighted by molar-refractivity contribution is 8.13. The molecule has 1 aromatic heterocycles. The lowest BCUT2D eigenvalue weighted by Crippen LogP contribution is -3.00. The zero-order chi connectivity index (χ0) is 13.5. The van der Waals surface area contributed by atoms with E-state index in [0.717, 1.165) is 17.1 Å². The molecule has 106 valence electrons. The van der Waals surface area contributed by atoms with E-state index in [4.69, 9.17) is 10.5 Å². The standard InChI is InChI=1S/C14H15N3OS.ClH/c1-18-13-7-5-11(6-8-13)17-14(15)19-10-12-4-2-3-9-16-12;/h2-9H,10H2,1H3,(H2,15,17);1H/p-1. The summed E-state index contributed by atoms with van der Waals surface area (Å²) in [7, 11) is 1.63. The predicted molar refractivity (Wildman–Crippen MR) is 79.8 cm³/mol. The number of amidine groups is 1. The van der Waals surface area contributed by atoms with Gasteiger partial charge in [0.2, 0.25) is 0 Å². The van der Waals surface area contributed by atoms with Crippen molar-refractivity contribution >= 4 is 22.6 Å². The number of aliphatic imine (C=N–C) groups is 1. The number of nitrogens with two attached hydrogens (primary N) is 1. The van der Waals surface area contributed by atoms with Crippen molar-refractivity contribution in [2.75, 3.05) is 7.11 Å². The number of nitrogens with zero attached hydrogens (tertiary/aromatic N) is 2. The number of halogens is 1. The average Bonchev–Trinajstić information content (AvgIpc) is 2.47. The molecule has 2 rings (SSSR count). The largest absolute Gasteiger partial charge is 1.00 e. The number of hydrogen-bond donors (Lipinski definition) is 1. The molecular weight excluding hydrogens is 294 g/mol. The maximum Gasteiger partial charge on any atom is 0.159 e. The number of hydrogen-bond acceptors (Lipinski definition) is 4. The predicted octanol–water partition coefficient (Wildman–Crippen LogP) is -0.0262. The fraction of sp³-hybridized carbons (Fsp3) is 0.143. The fourth-order valence-corrected chi connectivity index (χ4v) is 2.08. The first-order chi connectivity index (χ1) is 9.28. The van der Waals surface area contributed by atoms with Crippen LogP contribution in [0.5, 0.6) is 5.75 Å². The van der Waals surface area contributed by atoms with Gasteiger partial charge in [-0.05, 0) is 36.4 Å². The molecule has 2 aromatic rings. The van der Waals surface area contributed by atoms with Gasteiger partial charge in [-0.2, -0.15) is 0 Å². The molecule has 0 bridgehead atoms. The fourth-order valence-electron chi connectivity index (χ4n) is 1.45. The van der Waals surface area contributed by atoms with E-state index in [9.17, 15) is 0 Å². The van der Waals surface area contributed by atoms with Crippen LogP contribution in [0, 0.1) is 0 Å². The lowest BCUT2D eigenvalue weighted by molar-refractivity contribution is -0.00000435. The molecule has 0 amide bonds. The molecule has 0 fully saturated rings. The van der Waals surface area contributed by atoms with E-state index in [2.05, 4.69) is 9.98 Å². The monoisotopic (exact) mass is 308 g/mol. The molecule has 0 radical (unpaired) electrons. The smallest absolute Gasteiger partial charge is 0.159 e. The molecule has 0 spiro atoms. The first-order valence-corrected chi connectivity index (χ1v) is 6.77. The molecule has 0 saturated carbocycles. The third-order valence-corrected chi connectivity index (χ3v) is 3.23. The van der Waals surface area contributed by atoms with E-state index in [1.807, 2.05) is 42.5 Å². The van der Waals surface area contributed by atoms with Gasteiger partial charge in [-0.15, -0.1) is 0 Å². The van der Waals surface area contributed by atoms with E-state index >= 15 is 0 Å². The summed E-state index contributed by atoms with van der Waals surface area (Å²) in [6, 6.07) is 13.3. The Hall–Kier alpha value is -1.72. The van der Waals surface area contributed by atoms with Gasteiger partial charge >= 0.3 is 0 Å². The Kier molecular flexibility index (Phi) is 6.90. The zero-order valence-corrected chi connectivity index (χ0v) is 12.6. The molecule has 0 saturated heterocycles. The lowest BCUT2D eigenvalue weighted by atomic mass is 10.3. The van der Waals surface area contributed by atoms with Crippen LogP contribution >= 0.6 is 11.8 Å². The van der Waals surface area contributed by atoms with Crippen LogP contribution in [-0.2, 0) is 5.75 Å². The highest BCUT2D eigenvalue weighted by atomic mass is 35.5. The minimum absolute atomic E-state index is 0. The average molecular weight is 309 g/mol. The molecule has 20 heavy (non-hydrogen) atoms. The van der Waals surface area contributed by atoms with Gasteiger partial charge in [0.25, 0.3) is 0 Å². The highest BCUT2D eigenvalue weighted by Crippen LogP contribution is 2.19. The maximum atomic E-state index is 5.88. The van der Waals surface area contributed by atoms with Crippen molar-refractivity contribution in [3.05, 3.63) is 54.4 Å². The molecule has 4 nitrogen and oxygen atoms in total. The quantitative estimate of drug-likeness (QED) is 0.637. The van der Waals surface area contributed by atoms with Crippen molar-refractivity contribution in [1.29, 1.82) is 0 Å². The van der Waals surface area contributed by atoms with Crippen molar-refractivity contribution in [3.63, 3.8) is 0 Å². The number of aromatic nitrogens is 1. The van der Waals surface area contributed by atoms with Crippen molar-refractivity contribution in [1.82, 2.24) is 4.98 Å². The van der Waals surface area contributed by atoms with Crippen LogP contribution < -0.4 is 22.9 Å². The number of ether oxygens (including phenoxy) is 1. The van der Waals surface area contributed by atoms with E-state index < -0.39 is 0 Å². The molecule has 1 heterocycles. The lowest BCUT2D eigenvalue weighted by Gasteiger charge is -2.02. The molecular formula is C14H15ClN3OS-. The molecule has 0 aliphatic rings. The van der Waals surface area contributed by atoms with Gasteiger partial charge in [-0.1, -0.05) is 17.8 Å². The summed E-state index contributed by atoms with van der Waals surface area (Å²) < 4.78 is 5.09. The number of methoxy groups -OCH3 is 1. The minimum atomic E-state index is 0. The first-order valence-electron chi connectivity index (χ1n) is 5.79. The van der Waals surface area contributed by atoms with Gasteiger partial charge in [0, 0.05) is 11.9 Å². The first kappa shape index (κ1) is 16.3. The van der Waals surface area contributed by atoms with Gasteiger partial charge in [0.1, 0.15) is 5.75 Å². The molecule has 0 unspecified atom stereocenters. The van der Waals surface area contributed by atoms with Gasteiger partial charge in [-0.3, -0.25) is 4.98 Å². The maximum absolute atomic E-state index is 5.88. The Morgan fingerprint density at radius 1 is 1.25 bits per heavy atom. The highest BCUT2D eigenvalue weighted by Gasteiger charge is 1.98. The van der Waals surface area contributed by atoms with Gasteiger partial charge in [0.15, 0.2) is 5.17 Å². The van der Waals surface area contributed by atoms with E-state index in [1.54, 1.807) is 13.3 Å². The Morgan fingerprint density at radius 3 is 2.60 bits per heavy atom. The zero-order valence-electron chi connectivity index (χ0n) is 11.0. The van der Waals surface area contributed by atoms with Gasteiger partial charge in [0.05, 0.1) is 18.5 Å². The topological polar surface area (TPSA) is 60.5 Å². The number of benzene rings is 1. The van der Waals surface area contributed by atoms with Crippen LogP contribution in [0.2, 0.25) is 0 Å². The molecule has 0 aliphatic heterocycles. The SMILES string of the molecule is COc1ccc(N=C(N)SCc2ccccn2)cc1.[Cl-]. The van der Waals surface area contributed by atoms with Crippen LogP contribution in [-0.4, -0.2) is 17.3 Å². The normalized spacial score (nSPS) is 10.8. The minimum Gasteiger partial charge on any atom is -1.00 e. The van der Waals surface area contributed by atoms with Crippen molar-refractivity contribution in [2.45, 2.75) is 5.75 Å². The van der Waals surface area contributed by atoms with Crippen molar-refractivity contribution in [3.8, 4) is 5.75 Å². The molecule has 0 atom stereocenters. The molecule has 1 aromatic carbocycles. The summed E-state index contributed by atoms with van der Waals surface area (Å²) >= 11 is 1.47. The Morgan fingerprint density at radius 2 is 2.00 bits per heavy atom. The number of rotatable bonds is 4. The molecule has 0 aliphatic carbocycles. The van der Waals surface area contributed by atoms with E-state index in [0.29, 0.717) is 10.9 Å². The Balaban J connectivity index is 0.00000200. The van der Waals surface area contributed by atoms with Crippen molar-refractivity contribution in [2.24, 2.45) is 10.7 Å². The summed E-state index contributed by atoms with van der Waals surface area (Å²) in [6.07, 6.45) is 1.77. The number of thioether (sulfide) groups is 1. The summed E-state index contributed by atoms with van der Waals surface area (Å²) in [6.45, 7) is 0. The summed E-state index contributed by atoms with van der Waals surface area (Å²) in [5, 5.41) is 0.524. The van der Waals surface area contributed by atoms with Crippen LogP contribution in [0.15, 0.2) is 53.7 Å². The van der Waals surface area contributed by atoms with Crippen LogP contribution in [0.1, 0.15) is 5.69 Å². The summed E-state index contributed by atoms with van der Waals surface area (Å²) in [4.78, 5) is 8.56. The van der Waals surface area contributed by atoms with Gasteiger partial charge < -0.3 is 22.9 Å². The second kappa shape index (κ2) is 8.45. The van der Waals surface area contributed by atoms with E-state index in [1.165, 1.54) is 11.8 Å². The Labute approximate surface area is 128 Å². The van der Waals surface area contributed by atoms with Gasteiger partial charge in [-0.25, -0.2) is 4.99 Å². The molecule has 2 N–H and O–H groups in total. The van der Waals surface area contributed by atoms with Crippen LogP contribution in [0.4, 0.5) is 5.69 Å². The second-order valence-electron chi connectivity index (χ2n) is 3.76. The Bertz CT molecular complexity index is 546. The van der Waals surface area contributed by atoms with Crippen molar-refractivity contribution < 1.29 is 17.1 Å². The van der Waals surface area contributed by atoms with Crippen LogP contribution in [0.25, 0.3) is 0 Å². The summed E-state index contributed by atoms with van der Waals surface area (Å²) in [5.74, 6) is 1.52. The van der Waals surface area contributed by atoms with Crippen LogP contribution in [0.3, 0.4) is 0 Å². The van der Waals surface area contributed by atoms with E-state index in [-0.39, 0.29) is 12.4 Å². The second-order valence-corrected chi connectivity index (χ2v) is 4.75. The number of pyridine rings is 1. The summed E-state index contributed by atoms with van der Waals surface area (Å²) in [5.41, 5.74) is 7.68. The molecule has 6 heteroatoms.